The van der Waals surface area contributed by atoms with Gasteiger partial charge in [-0.3, -0.25) is 0 Å². The minimum absolute atomic E-state index is 0.126. The van der Waals surface area contributed by atoms with E-state index in [1.807, 2.05) is 28.9 Å². The van der Waals surface area contributed by atoms with E-state index in [4.69, 9.17) is 14.5 Å². The molecule has 1 aliphatic rings. The van der Waals surface area contributed by atoms with E-state index in [-0.39, 0.29) is 12.5 Å². The molecule has 4 rings (SSSR count). The van der Waals surface area contributed by atoms with E-state index in [9.17, 15) is 10.4 Å². The molecule has 0 aliphatic carbocycles. The molecule has 0 unspecified atom stereocenters. The molecule has 2 N–H and O–H groups in total. The van der Waals surface area contributed by atoms with Crippen LogP contribution in [-0.4, -0.2) is 72.3 Å². The summed E-state index contributed by atoms with van der Waals surface area (Å²) in [5.41, 5.74) is 3.86. The molecule has 1 atom stereocenters. The zero-order valence-corrected chi connectivity index (χ0v) is 19.3. The molecule has 0 saturated carbocycles. The topological polar surface area (TPSA) is 108 Å². The molecular weight excluding hydrogens is 420 g/mol. The lowest BCUT2D eigenvalue weighted by Gasteiger charge is -2.29. The average Bonchev–Trinajstić information content (AvgIpc) is 3.27. The minimum atomic E-state index is -0.646. The zero-order chi connectivity index (χ0) is 23.4. The Labute approximate surface area is 193 Å². The molecule has 0 amide bonds. The van der Waals surface area contributed by atoms with Crippen LogP contribution in [-0.2, 0) is 4.74 Å². The quantitative estimate of drug-likeness (QED) is 0.538. The van der Waals surface area contributed by atoms with Gasteiger partial charge in [0.15, 0.2) is 5.65 Å². The number of morpholine rings is 1. The lowest BCUT2D eigenvalue weighted by atomic mass is 10.1. The Hall–Kier alpha value is -3.19. The van der Waals surface area contributed by atoms with Crippen molar-refractivity contribution in [3.8, 4) is 23.1 Å². The number of aliphatic hydroxyl groups excluding tert-OH is 1. The predicted molar refractivity (Wildman–Crippen MR) is 126 cm³/mol. The van der Waals surface area contributed by atoms with Crippen LogP contribution in [0.3, 0.4) is 0 Å². The molecule has 0 spiro atoms. The Balaban J connectivity index is 1.79. The van der Waals surface area contributed by atoms with Crippen LogP contribution in [0.5, 0.6) is 5.75 Å². The highest BCUT2D eigenvalue weighted by molar-refractivity contribution is 5.71. The molecule has 1 aromatic carbocycles. The third-order valence-corrected chi connectivity index (χ3v) is 5.65. The zero-order valence-electron chi connectivity index (χ0n) is 19.3. The Bertz CT molecular complexity index is 1150. The number of fused-ring (bicyclic) bond motifs is 1. The number of ether oxygens (including phenoxy) is 2. The average molecular weight is 451 g/mol. The predicted octanol–water partition coefficient (Wildman–Crippen LogP) is 2.19. The number of hydrogen-bond donors (Lipinski definition) is 2. The van der Waals surface area contributed by atoms with Crippen molar-refractivity contribution in [2.45, 2.75) is 25.9 Å². The third-order valence-electron chi connectivity index (χ3n) is 5.65. The highest BCUT2D eigenvalue weighted by Crippen LogP contribution is 2.31. The van der Waals surface area contributed by atoms with Crippen LogP contribution < -0.4 is 15.0 Å². The molecule has 1 aliphatic heterocycles. The molecule has 2 aromatic heterocycles. The highest BCUT2D eigenvalue weighted by Gasteiger charge is 2.20. The Morgan fingerprint density at radius 3 is 2.73 bits per heavy atom. The summed E-state index contributed by atoms with van der Waals surface area (Å²) in [5, 5.41) is 27.1. The summed E-state index contributed by atoms with van der Waals surface area (Å²) in [6.07, 6.45) is 1.23. The van der Waals surface area contributed by atoms with E-state index in [1.165, 1.54) is 0 Å². The summed E-state index contributed by atoms with van der Waals surface area (Å²) in [7, 11) is 1.77. The number of aromatic nitrogens is 3. The van der Waals surface area contributed by atoms with Crippen LogP contribution in [0.4, 0.5) is 5.82 Å². The van der Waals surface area contributed by atoms with Crippen LogP contribution in [0.25, 0.3) is 16.9 Å². The van der Waals surface area contributed by atoms with Gasteiger partial charge in [0.25, 0.3) is 0 Å². The van der Waals surface area contributed by atoms with Crippen molar-refractivity contribution in [3.05, 3.63) is 41.6 Å². The maximum Gasteiger partial charge on any atom is 0.161 e. The van der Waals surface area contributed by atoms with Gasteiger partial charge in [-0.1, -0.05) is 13.8 Å². The van der Waals surface area contributed by atoms with E-state index in [0.717, 1.165) is 41.4 Å². The highest BCUT2D eigenvalue weighted by atomic mass is 16.5. The first-order valence-corrected chi connectivity index (χ1v) is 11.2. The number of rotatable bonds is 8. The van der Waals surface area contributed by atoms with Gasteiger partial charge in [0.05, 0.1) is 36.7 Å². The first kappa shape index (κ1) is 23.0. The molecular formula is C24H30N6O3. The van der Waals surface area contributed by atoms with E-state index < -0.39 is 6.10 Å². The van der Waals surface area contributed by atoms with Gasteiger partial charge in [-0.15, -0.1) is 0 Å². The SMILES string of the molecule is CNC[C@H](O)COc1cc(C#N)cc(-c2cc(N3CCOCC3)n3ncc(C(C)C)c3n2)c1. The molecule has 1 fully saturated rings. The third kappa shape index (κ3) is 5.09. The lowest BCUT2D eigenvalue weighted by molar-refractivity contribution is 0.108. The van der Waals surface area contributed by atoms with Crippen molar-refractivity contribution in [2.24, 2.45) is 0 Å². The minimum Gasteiger partial charge on any atom is -0.491 e. The molecule has 9 heteroatoms. The maximum absolute atomic E-state index is 9.99. The van der Waals surface area contributed by atoms with Gasteiger partial charge in [0, 0.05) is 36.8 Å². The molecule has 3 heterocycles. The van der Waals surface area contributed by atoms with E-state index >= 15 is 0 Å². The molecule has 0 radical (unpaired) electrons. The van der Waals surface area contributed by atoms with E-state index in [1.54, 1.807) is 13.1 Å². The second-order valence-electron chi connectivity index (χ2n) is 8.47. The van der Waals surface area contributed by atoms with Crippen LogP contribution in [0.2, 0.25) is 0 Å². The number of aliphatic hydroxyl groups is 1. The van der Waals surface area contributed by atoms with Gasteiger partial charge >= 0.3 is 0 Å². The van der Waals surface area contributed by atoms with Crippen molar-refractivity contribution >= 4 is 11.5 Å². The number of nitriles is 1. The normalized spacial score (nSPS) is 15.1. The Morgan fingerprint density at radius 1 is 1.24 bits per heavy atom. The van der Waals surface area contributed by atoms with E-state index in [2.05, 4.69) is 35.2 Å². The Morgan fingerprint density at radius 2 is 2.03 bits per heavy atom. The molecule has 9 nitrogen and oxygen atoms in total. The fourth-order valence-electron chi connectivity index (χ4n) is 3.92. The first-order valence-electron chi connectivity index (χ1n) is 11.2. The molecule has 1 saturated heterocycles. The second kappa shape index (κ2) is 10.2. The number of hydrogen-bond acceptors (Lipinski definition) is 8. The van der Waals surface area contributed by atoms with Crippen molar-refractivity contribution in [1.29, 1.82) is 5.26 Å². The number of benzene rings is 1. The van der Waals surface area contributed by atoms with Gasteiger partial charge in [-0.25, -0.2) is 4.98 Å². The fraction of sp³-hybridized carbons (Fsp3) is 0.458. The van der Waals surface area contributed by atoms with Gasteiger partial charge in [-0.05, 0) is 31.2 Å². The first-order chi connectivity index (χ1) is 16.0. The summed E-state index contributed by atoms with van der Waals surface area (Å²) in [4.78, 5) is 7.19. The summed E-state index contributed by atoms with van der Waals surface area (Å²) in [6, 6.07) is 9.56. The van der Waals surface area contributed by atoms with E-state index in [0.29, 0.717) is 31.1 Å². The molecule has 0 bridgehead atoms. The van der Waals surface area contributed by atoms with Crippen LogP contribution in [0.15, 0.2) is 30.5 Å². The number of nitrogens with one attached hydrogen (secondary N) is 1. The van der Waals surface area contributed by atoms with Crippen molar-refractivity contribution in [2.75, 3.05) is 51.4 Å². The number of nitrogens with zero attached hydrogens (tertiary/aromatic N) is 5. The standard InChI is InChI=1S/C24H30N6O3/c1-16(2)21-14-27-30-23(29-4-6-32-7-5-29)11-22(28-24(21)30)18-8-17(12-25)9-20(10-18)33-15-19(31)13-26-3/h8-11,14,16,19,26,31H,4-7,13,15H2,1-3H3/t19-/m0/s1. The Kier molecular flexibility index (Phi) is 7.08. The van der Waals surface area contributed by atoms with Gasteiger partial charge in [0.1, 0.15) is 24.3 Å². The molecule has 33 heavy (non-hydrogen) atoms. The van der Waals surface area contributed by atoms with Crippen LogP contribution in [0, 0.1) is 11.3 Å². The van der Waals surface area contributed by atoms with Gasteiger partial charge in [0.2, 0.25) is 0 Å². The van der Waals surface area contributed by atoms with Gasteiger partial charge in [-0.2, -0.15) is 14.9 Å². The molecule has 174 valence electrons. The lowest BCUT2D eigenvalue weighted by Crippen LogP contribution is -2.37. The maximum atomic E-state index is 9.99. The molecule has 3 aromatic rings. The fourth-order valence-corrected chi connectivity index (χ4v) is 3.92. The number of anilines is 1. The summed E-state index contributed by atoms with van der Waals surface area (Å²) < 4.78 is 13.2. The summed E-state index contributed by atoms with van der Waals surface area (Å²) in [5.74, 6) is 1.73. The number of likely N-dealkylation sites (N-methyl/N-ethyl adjacent to an activating group) is 1. The van der Waals surface area contributed by atoms with Crippen LogP contribution in [0.1, 0.15) is 30.9 Å². The largest absolute Gasteiger partial charge is 0.491 e. The van der Waals surface area contributed by atoms with Crippen molar-refractivity contribution < 1.29 is 14.6 Å². The second-order valence-corrected chi connectivity index (χ2v) is 8.47. The van der Waals surface area contributed by atoms with Crippen molar-refractivity contribution in [3.63, 3.8) is 0 Å². The van der Waals surface area contributed by atoms with Crippen LogP contribution >= 0.6 is 0 Å². The van der Waals surface area contributed by atoms with Gasteiger partial charge < -0.3 is 24.8 Å². The van der Waals surface area contributed by atoms with Crippen molar-refractivity contribution in [1.82, 2.24) is 19.9 Å². The summed E-state index contributed by atoms with van der Waals surface area (Å²) >= 11 is 0. The summed E-state index contributed by atoms with van der Waals surface area (Å²) in [6.45, 7) is 7.65. The smallest absolute Gasteiger partial charge is 0.161 e. The monoisotopic (exact) mass is 450 g/mol.